The molecule has 3 aliphatic rings. The number of morpholine rings is 1. The van der Waals surface area contributed by atoms with E-state index < -0.39 is 0 Å². The van der Waals surface area contributed by atoms with E-state index in [-0.39, 0.29) is 12.0 Å². The van der Waals surface area contributed by atoms with Gasteiger partial charge in [-0.25, -0.2) is 4.68 Å². The number of anilines is 1. The summed E-state index contributed by atoms with van der Waals surface area (Å²) < 4.78 is 8.66. The first-order valence-corrected chi connectivity index (χ1v) is 15.3. The molecule has 1 aromatic carbocycles. The van der Waals surface area contributed by atoms with Crippen molar-refractivity contribution in [1.82, 2.24) is 24.6 Å². The third-order valence-electron chi connectivity index (χ3n) is 7.50. The van der Waals surface area contributed by atoms with Gasteiger partial charge < -0.3 is 19.9 Å². The predicted octanol–water partition coefficient (Wildman–Crippen LogP) is 3.96. The predicted molar refractivity (Wildman–Crippen MR) is 174 cm³/mol. The highest BCUT2D eigenvalue weighted by Crippen LogP contribution is 2.30. The van der Waals surface area contributed by atoms with Gasteiger partial charge in [-0.1, -0.05) is 33.6 Å². The molecule has 2 saturated heterocycles. The standard InChI is InChI=1S/C22H31N5O2.C9H10BrN3O/c1-16-4-6-18(7-5-16)27-21(23-2)14-19(24-27)17-8-10-26(11-9-17)22(28)20-15-25(3)12-13-29-20;1-13-6-9(10)2-3-11-4-8(7-14)5-12-13/h4-7,14,17,20,23H,8-13,15H2,1-3H3;3-7H,2H2,1H3/b;8-4-,9-6+,11-3?,12-5-. The molecule has 4 heterocycles. The van der Waals surface area contributed by atoms with Crippen LogP contribution in [-0.2, 0) is 14.3 Å². The number of aryl methyl sites for hydroxylation is 1. The fourth-order valence-electron chi connectivity index (χ4n) is 5.01. The molecule has 1 aromatic heterocycles. The number of nitrogens with one attached hydrogen (secondary N) is 1. The molecule has 0 spiro atoms. The number of carbonyl (C=O) groups is 2. The number of allylic oxidation sites excluding steroid dienone is 2. The van der Waals surface area contributed by atoms with Crippen molar-refractivity contribution in [3.8, 4) is 5.69 Å². The molecule has 1 atom stereocenters. The zero-order valence-electron chi connectivity index (χ0n) is 25.3. The van der Waals surface area contributed by atoms with Crippen LogP contribution in [0.4, 0.5) is 5.82 Å². The normalized spacial score (nSPS) is 23.2. The molecule has 1 unspecified atom stereocenters. The number of piperidine rings is 1. The van der Waals surface area contributed by atoms with Crippen LogP contribution in [0.25, 0.3) is 5.69 Å². The molecule has 1 amide bonds. The van der Waals surface area contributed by atoms with E-state index in [0.29, 0.717) is 31.1 Å². The average Bonchev–Trinajstić information content (AvgIpc) is 3.45. The number of ether oxygens (including phenoxy) is 1. The zero-order chi connectivity index (χ0) is 30.8. The minimum atomic E-state index is -0.318. The van der Waals surface area contributed by atoms with Crippen molar-refractivity contribution >= 4 is 46.4 Å². The summed E-state index contributed by atoms with van der Waals surface area (Å²) in [7, 11) is 5.76. The summed E-state index contributed by atoms with van der Waals surface area (Å²) in [5.74, 6) is 1.49. The lowest BCUT2D eigenvalue weighted by Crippen LogP contribution is -2.51. The molecule has 0 bridgehead atoms. The molecule has 3 aliphatic heterocycles. The molecule has 1 N–H and O–H groups in total. The Bertz CT molecular complexity index is 1360. The summed E-state index contributed by atoms with van der Waals surface area (Å²) in [4.78, 5) is 31.4. The van der Waals surface area contributed by atoms with Crippen LogP contribution in [0.1, 0.15) is 36.4 Å². The maximum Gasteiger partial charge on any atom is 0.253 e. The maximum atomic E-state index is 12.8. The number of hydrogen-bond acceptors (Lipinski definition) is 9. The fraction of sp³-hybridized carbons (Fsp3) is 0.452. The maximum absolute atomic E-state index is 12.8. The molecule has 43 heavy (non-hydrogen) atoms. The Balaban J connectivity index is 0.000000255. The lowest BCUT2D eigenvalue weighted by molar-refractivity contribution is -0.149. The quantitative estimate of drug-likeness (QED) is 0.487. The second-order valence-electron chi connectivity index (χ2n) is 10.8. The Morgan fingerprint density at radius 3 is 2.56 bits per heavy atom. The summed E-state index contributed by atoms with van der Waals surface area (Å²) in [6.45, 7) is 5.82. The summed E-state index contributed by atoms with van der Waals surface area (Å²) in [6, 6.07) is 10.5. The van der Waals surface area contributed by atoms with Gasteiger partial charge in [0.15, 0.2) is 6.29 Å². The van der Waals surface area contributed by atoms with E-state index in [0.717, 1.165) is 60.4 Å². The highest BCUT2D eigenvalue weighted by molar-refractivity contribution is 9.11. The number of likely N-dealkylation sites (tertiary alicyclic amines) is 1. The Labute approximate surface area is 262 Å². The van der Waals surface area contributed by atoms with Crippen LogP contribution in [0.3, 0.4) is 0 Å². The minimum absolute atomic E-state index is 0.135. The highest BCUT2D eigenvalue weighted by Gasteiger charge is 2.32. The van der Waals surface area contributed by atoms with Gasteiger partial charge in [0.05, 0.1) is 29.8 Å². The van der Waals surface area contributed by atoms with Gasteiger partial charge in [-0.15, -0.1) is 0 Å². The van der Waals surface area contributed by atoms with Gasteiger partial charge >= 0.3 is 0 Å². The van der Waals surface area contributed by atoms with Crippen molar-refractivity contribution < 1.29 is 14.3 Å². The number of hydrazone groups is 1. The number of rotatable bonds is 5. The van der Waals surface area contributed by atoms with Crippen molar-refractivity contribution in [2.45, 2.75) is 38.2 Å². The van der Waals surface area contributed by atoms with Crippen molar-refractivity contribution in [2.75, 3.05) is 59.2 Å². The molecule has 2 aromatic rings. The number of benzene rings is 1. The van der Waals surface area contributed by atoms with E-state index in [1.165, 1.54) is 18.0 Å². The van der Waals surface area contributed by atoms with Crippen LogP contribution in [0.5, 0.6) is 0 Å². The zero-order valence-corrected chi connectivity index (χ0v) is 26.9. The van der Waals surface area contributed by atoms with Gasteiger partial charge in [0.1, 0.15) is 11.9 Å². The van der Waals surface area contributed by atoms with Crippen LogP contribution >= 0.6 is 15.9 Å². The van der Waals surface area contributed by atoms with Gasteiger partial charge in [0.25, 0.3) is 5.91 Å². The summed E-state index contributed by atoms with van der Waals surface area (Å²) in [5.41, 5.74) is 3.82. The Morgan fingerprint density at radius 1 is 1.14 bits per heavy atom. The Kier molecular flexibility index (Phi) is 11.8. The van der Waals surface area contributed by atoms with Gasteiger partial charge in [-0.3, -0.25) is 19.6 Å². The number of aliphatic imine (C=N–C) groups is 1. The topological polar surface area (TPSA) is 108 Å². The molecule has 0 radical (unpaired) electrons. The van der Waals surface area contributed by atoms with Crippen molar-refractivity contribution in [1.29, 1.82) is 0 Å². The van der Waals surface area contributed by atoms with Crippen molar-refractivity contribution in [2.24, 2.45) is 10.1 Å². The van der Waals surface area contributed by atoms with E-state index in [1.54, 1.807) is 18.3 Å². The van der Waals surface area contributed by atoms with Crippen LogP contribution in [0.2, 0.25) is 0 Å². The number of nitrogens with zero attached hydrogens (tertiary/aromatic N) is 7. The minimum Gasteiger partial charge on any atom is -0.373 e. The first kappa shape index (κ1) is 32.3. The van der Waals surface area contributed by atoms with E-state index in [2.05, 4.69) is 73.5 Å². The summed E-state index contributed by atoms with van der Waals surface area (Å²) in [5, 5.41) is 13.8. The van der Waals surface area contributed by atoms with Gasteiger partial charge in [-0.2, -0.15) is 10.2 Å². The molecule has 230 valence electrons. The second kappa shape index (κ2) is 15.7. The molecule has 0 saturated carbocycles. The lowest BCUT2D eigenvalue weighted by Gasteiger charge is -2.36. The van der Waals surface area contributed by atoms with Gasteiger partial charge in [-0.05, 0) is 38.9 Å². The van der Waals surface area contributed by atoms with E-state index in [4.69, 9.17) is 9.84 Å². The van der Waals surface area contributed by atoms with Crippen molar-refractivity contribution in [3.63, 3.8) is 0 Å². The van der Waals surface area contributed by atoms with E-state index >= 15 is 0 Å². The number of likely N-dealkylation sites (N-methyl/N-ethyl adjacent to an activating group) is 1. The smallest absolute Gasteiger partial charge is 0.253 e. The van der Waals surface area contributed by atoms with Crippen LogP contribution in [0.15, 0.2) is 62.9 Å². The molecular weight excluding hydrogens is 612 g/mol. The average molecular weight is 654 g/mol. The van der Waals surface area contributed by atoms with Crippen LogP contribution in [0, 0.1) is 6.92 Å². The molecule has 0 aliphatic carbocycles. The third-order valence-corrected chi connectivity index (χ3v) is 8.03. The fourth-order valence-corrected chi connectivity index (χ4v) is 5.45. The van der Waals surface area contributed by atoms with Crippen molar-refractivity contribution in [3.05, 3.63) is 64.0 Å². The summed E-state index contributed by atoms with van der Waals surface area (Å²) >= 11 is 3.37. The number of aldehydes is 1. The SMILES string of the molecule is CN1/C=C(/Br)CC=N/C=C(C=O)/C=N\1.CNc1cc(C2CCN(C(=O)C3CN(C)CCO3)CC2)nn1-c1ccc(C)cc1. The summed E-state index contributed by atoms with van der Waals surface area (Å²) in [6.07, 6.45) is 9.43. The van der Waals surface area contributed by atoms with E-state index in [9.17, 15) is 9.59 Å². The largest absolute Gasteiger partial charge is 0.373 e. The first-order chi connectivity index (χ1) is 20.8. The number of halogens is 1. The Morgan fingerprint density at radius 2 is 1.88 bits per heavy atom. The second-order valence-corrected chi connectivity index (χ2v) is 11.9. The van der Waals surface area contributed by atoms with Gasteiger partial charge in [0.2, 0.25) is 0 Å². The number of aromatic nitrogens is 2. The Hall–Kier alpha value is -3.61. The molecule has 12 heteroatoms. The molecule has 5 rings (SSSR count). The van der Waals surface area contributed by atoms with Crippen LogP contribution in [-0.4, -0.2) is 109 Å². The number of amides is 1. The monoisotopic (exact) mass is 652 g/mol. The first-order valence-electron chi connectivity index (χ1n) is 14.5. The molecule has 11 nitrogen and oxygen atoms in total. The molecule has 2 fully saturated rings. The lowest BCUT2D eigenvalue weighted by atomic mass is 9.93. The number of carbonyl (C=O) groups excluding carboxylic acids is 2. The van der Waals surface area contributed by atoms with Gasteiger partial charge in [0, 0.05) is 81.8 Å². The van der Waals surface area contributed by atoms with E-state index in [1.807, 2.05) is 29.9 Å². The number of hydrogen-bond donors (Lipinski definition) is 1. The highest BCUT2D eigenvalue weighted by atomic mass is 79.9. The third kappa shape index (κ3) is 9.19. The van der Waals surface area contributed by atoms with Crippen LogP contribution < -0.4 is 5.32 Å². The molecular formula is C31H41BrN8O3.